The zero-order valence-electron chi connectivity index (χ0n) is 9.08. The minimum Gasteiger partial charge on any atom is -0.381 e. The minimum atomic E-state index is 0.893. The van der Waals surface area contributed by atoms with E-state index in [0.29, 0.717) is 0 Å². The molecule has 0 atom stereocenters. The zero-order chi connectivity index (χ0) is 10.3. The van der Waals surface area contributed by atoms with Gasteiger partial charge in [-0.05, 0) is 43.2 Å². The quantitative estimate of drug-likeness (QED) is 0.687. The van der Waals surface area contributed by atoms with Crippen molar-refractivity contribution in [3.05, 3.63) is 22.4 Å². The fourth-order valence-electron chi connectivity index (χ4n) is 1.46. The summed E-state index contributed by atoms with van der Waals surface area (Å²) < 4.78 is 5.56. The van der Waals surface area contributed by atoms with E-state index >= 15 is 0 Å². The second-order valence-electron chi connectivity index (χ2n) is 4.13. The molecule has 2 nitrogen and oxygen atoms in total. The van der Waals surface area contributed by atoms with Crippen LogP contribution in [0, 0.1) is 5.92 Å². The Hall–Kier alpha value is -0.380. The van der Waals surface area contributed by atoms with E-state index in [4.69, 9.17) is 4.74 Å². The van der Waals surface area contributed by atoms with Crippen molar-refractivity contribution < 1.29 is 4.74 Å². The van der Waals surface area contributed by atoms with E-state index < -0.39 is 0 Å². The molecule has 3 heteroatoms. The van der Waals surface area contributed by atoms with E-state index in [9.17, 15) is 0 Å². The Balaban J connectivity index is 1.38. The van der Waals surface area contributed by atoms with Gasteiger partial charge in [-0.15, -0.1) is 11.3 Å². The molecule has 1 fully saturated rings. The Labute approximate surface area is 95.6 Å². The van der Waals surface area contributed by atoms with E-state index in [-0.39, 0.29) is 0 Å². The molecule has 84 valence electrons. The molecule has 1 heterocycles. The molecule has 1 aromatic heterocycles. The lowest BCUT2D eigenvalue weighted by Crippen LogP contribution is -2.15. The van der Waals surface area contributed by atoms with Gasteiger partial charge in [0, 0.05) is 24.6 Å². The van der Waals surface area contributed by atoms with Gasteiger partial charge < -0.3 is 10.1 Å². The summed E-state index contributed by atoms with van der Waals surface area (Å²) >= 11 is 1.81. The summed E-state index contributed by atoms with van der Waals surface area (Å²) in [7, 11) is 0. The lowest BCUT2D eigenvalue weighted by atomic mass is 10.4. The number of ether oxygens (including phenoxy) is 1. The molecule has 0 unspecified atom stereocenters. The van der Waals surface area contributed by atoms with Gasteiger partial charge in [0.2, 0.25) is 0 Å². The van der Waals surface area contributed by atoms with Crippen molar-refractivity contribution in [3.63, 3.8) is 0 Å². The molecule has 1 aliphatic carbocycles. The second kappa shape index (κ2) is 6.26. The molecular formula is C12H19NOS. The first-order valence-electron chi connectivity index (χ1n) is 5.76. The van der Waals surface area contributed by atoms with Crippen molar-refractivity contribution in [2.75, 3.05) is 19.8 Å². The van der Waals surface area contributed by atoms with E-state index in [0.717, 1.165) is 38.6 Å². The van der Waals surface area contributed by atoms with Gasteiger partial charge in [-0.25, -0.2) is 0 Å². The Morgan fingerprint density at radius 3 is 3.13 bits per heavy atom. The number of thiophene rings is 1. The molecular weight excluding hydrogens is 206 g/mol. The minimum absolute atomic E-state index is 0.893. The van der Waals surface area contributed by atoms with Gasteiger partial charge in [-0.1, -0.05) is 6.07 Å². The molecule has 0 saturated heterocycles. The fraction of sp³-hybridized carbons (Fsp3) is 0.667. The van der Waals surface area contributed by atoms with Gasteiger partial charge in [0.1, 0.15) is 0 Å². The highest BCUT2D eigenvalue weighted by molar-refractivity contribution is 7.09. The van der Waals surface area contributed by atoms with Gasteiger partial charge in [-0.3, -0.25) is 0 Å². The molecule has 0 amide bonds. The third-order valence-electron chi connectivity index (χ3n) is 2.57. The third kappa shape index (κ3) is 4.78. The molecule has 15 heavy (non-hydrogen) atoms. The Morgan fingerprint density at radius 1 is 1.47 bits per heavy atom. The van der Waals surface area contributed by atoms with Crippen LogP contribution in [0.15, 0.2) is 17.5 Å². The lowest BCUT2D eigenvalue weighted by molar-refractivity contribution is 0.122. The smallest absolute Gasteiger partial charge is 0.0494 e. The topological polar surface area (TPSA) is 21.3 Å². The van der Waals surface area contributed by atoms with E-state index in [1.807, 2.05) is 11.3 Å². The standard InChI is InChI=1S/C12H19NOS/c1-3-12(15-8-1)9-13-6-2-7-14-10-11-4-5-11/h1,3,8,11,13H,2,4-7,9-10H2. The van der Waals surface area contributed by atoms with Gasteiger partial charge in [0.05, 0.1) is 0 Å². The number of rotatable bonds is 8. The molecule has 1 N–H and O–H groups in total. The Morgan fingerprint density at radius 2 is 2.40 bits per heavy atom. The van der Waals surface area contributed by atoms with Crippen LogP contribution in [-0.4, -0.2) is 19.8 Å². The first kappa shape index (κ1) is 11.1. The molecule has 0 spiro atoms. The summed E-state index contributed by atoms with van der Waals surface area (Å²) in [6.45, 7) is 3.96. The van der Waals surface area contributed by atoms with Crippen LogP contribution < -0.4 is 5.32 Å². The highest BCUT2D eigenvalue weighted by Crippen LogP contribution is 2.28. The van der Waals surface area contributed by atoms with E-state index in [1.54, 1.807) is 0 Å². The second-order valence-corrected chi connectivity index (χ2v) is 5.16. The predicted octanol–water partition coefficient (Wildman–Crippen LogP) is 2.65. The van der Waals surface area contributed by atoms with Crippen molar-refractivity contribution in [1.29, 1.82) is 0 Å². The van der Waals surface area contributed by atoms with Crippen LogP contribution >= 0.6 is 11.3 Å². The summed E-state index contributed by atoms with van der Waals surface area (Å²) in [5, 5.41) is 5.54. The van der Waals surface area contributed by atoms with Crippen LogP contribution in [-0.2, 0) is 11.3 Å². The number of nitrogens with one attached hydrogen (secondary N) is 1. The van der Waals surface area contributed by atoms with Crippen LogP contribution in [0.5, 0.6) is 0 Å². The molecule has 2 rings (SSSR count). The maximum absolute atomic E-state index is 5.56. The molecule has 0 radical (unpaired) electrons. The summed E-state index contributed by atoms with van der Waals surface area (Å²) in [6, 6.07) is 4.27. The highest BCUT2D eigenvalue weighted by atomic mass is 32.1. The van der Waals surface area contributed by atoms with Crippen LogP contribution in [0.2, 0.25) is 0 Å². The number of hydrogen-bond acceptors (Lipinski definition) is 3. The maximum Gasteiger partial charge on any atom is 0.0494 e. The van der Waals surface area contributed by atoms with Crippen LogP contribution in [0.3, 0.4) is 0 Å². The molecule has 0 aliphatic heterocycles. The molecule has 1 aromatic rings. The SMILES string of the molecule is c1csc(CNCCCOCC2CC2)c1. The Bertz CT molecular complexity index is 257. The molecule has 0 bridgehead atoms. The molecule has 0 aromatic carbocycles. The predicted molar refractivity (Wildman–Crippen MR) is 64.2 cm³/mol. The normalized spacial score (nSPS) is 15.7. The Kier molecular flexibility index (Phi) is 4.64. The monoisotopic (exact) mass is 225 g/mol. The van der Waals surface area contributed by atoms with Crippen molar-refractivity contribution >= 4 is 11.3 Å². The van der Waals surface area contributed by atoms with Crippen LogP contribution in [0.1, 0.15) is 24.1 Å². The van der Waals surface area contributed by atoms with Crippen LogP contribution in [0.25, 0.3) is 0 Å². The summed E-state index contributed by atoms with van der Waals surface area (Å²) in [5.74, 6) is 0.893. The van der Waals surface area contributed by atoms with Crippen molar-refractivity contribution in [2.24, 2.45) is 5.92 Å². The summed E-state index contributed by atoms with van der Waals surface area (Å²) in [5.41, 5.74) is 0. The highest BCUT2D eigenvalue weighted by Gasteiger charge is 2.20. The number of hydrogen-bond donors (Lipinski definition) is 1. The zero-order valence-corrected chi connectivity index (χ0v) is 9.89. The summed E-state index contributed by atoms with van der Waals surface area (Å²) in [4.78, 5) is 1.41. The average molecular weight is 225 g/mol. The first-order chi connectivity index (χ1) is 7.45. The maximum atomic E-state index is 5.56. The van der Waals surface area contributed by atoms with Gasteiger partial charge >= 0.3 is 0 Å². The lowest BCUT2D eigenvalue weighted by Gasteiger charge is -2.04. The van der Waals surface area contributed by atoms with Crippen molar-refractivity contribution in [1.82, 2.24) is 5.32 Å². The van der Waals surface area contributed by atoms with Gasteiger partial charge in [-0.2, -0.15) is 0 Å². The molecule has 1 aliphatic rings. The van der Waals surface area contributed by atoms with E-state index in [2.05, 4.69) is 22.8 Å². The van der Waals surface area contributed by atoms with E-state index in [1.165, 1.54) is 17.7 Å². The van der Waals surface area contributed by atoms with Crippen molar-refractivity contribution in [3.8, 4) is 0 Å². The van der Waals surface area contributed by atoms with Gasteiger partial charge in [0.25, 0.3) is 0 Å². The summed E-state index contributed by atoms with van der Waals surface area (Å²) in [6.07, 6.45) is 3.89. The van der Waals surface area contributed by atoms with Crippen LogP contribution in [0.4, 0.5) is 0 Å². The third-order valence-corrected chi connectivity index (χ3v) is 3.45. The van der Waals surface area contributed by atoms with Crippen molar-refractivity contribution in [2.45, 2.75) is 25.8 Å². The molecule has 1 saturated carbocycles. The largest absolute Gasteiger partial charge is 0.381 e. The fourth-order valence-corrected chi connectivity index (χ4v) is 2.13. The average Bonchev–Trinajstić information content (AvgIpc) is 2.92. The van der Waals surface area contributed by atoms with Gasteiger partial charge in [0.15, 0.2) is 0 Å². The first-order valence-corrected chi connectivity index (χ1v) is 6.64.